The predicted octanol–water partition coefficient (Wildman–Crippen LogP) is 1.67. The molecule has 1 unspecified atom stereocenters. The molecule has 0 spiro atoms. The minimum atomic E-state index is -4.01. The molecule has 0 aliphatic carbocycles. The van der Waals surface area contributed by atoms with Crippen LogP contribution < -0.4 is 4.72 Å². The number of carboxylic acids is 1. The van der Waals surface area contributed by atoms with E-state index >= 15 is 0 Å². The van der Waals surface area contributed by atoms with Crippen molar-refractivity contribution >= 4 is 49.0 Å². The number of carbonyl (C=O) groups is 1. The SMILES string of the molecule is CC(O)(CNS(=O)(=O)c1sc2ccccc2c1Cl)C(=O)O. The topological polar surface area (TPSA) is 104 Å². The van der Waals surface area contributed by atoms with Gasteiger partial charge in [0.05, 0.1) is 11.6 Å². The lowest BCUT2D eigenvalue weighted by Crippen LogP contribution is -2.46. The van der Waals surface area contributed by atoms with E-state index in [4.69, 9.17) is 16.7 Å². The molecule has 0 aliphatic heterocycles. The number of aliphatic hydroxyl groups is 1. The van der Waals surface area contributed by atoms with Gasteiger partial charge in [-0.25, -0.2) is 17.9 Å². The number of thiophene rings is 1. The van der Waals surface area contributed by atoms with Crippen LogP contribution >= 0.6 is 22.9 Å². The average molecular weight is 350 g/mol. The van der Waals surface area contributed by atoms with E-state index in [9.17, 15) is 18.3 Å². The first-order valence-corrected chi connectivity index (χ1v) is 8.45. The second-order valence-electron chi connectivity index (χ2n) is 4.60. The van der Waals surface area contributed by atoms with Gasteiger partial charge in [0.2, 0.25) is 0 Å². The van der Waals surface area contributed by atoms with Crippen LogP contribution in [0.25, 0.3) is 10.1 Å². The third-order valence-corrected chi connectivity index (χ3v) is 6.52. The van der Waals surface area contributed by atoms with Gasteiger partial charge in [-0.2, -0.15) is 0 Å². The highest BCUT2D eigenvalue weighted by Crippen LogP contribution is 2.38. The minimum Gasteiger partial charge on any atom is -0.479 e. The van der Waals surface area contributed by atoms with Crippen LogP contribution in [0, 0.1) is 0 Å². The molecule has 2 aromatic rings. The van der Waals surface area contributed by atoms with Crippen LogP contribution in [0.3, 0.4) is 0 Å². The molecule has 0 bridgehead atoms. The first kappa shape index (κ1) is 16.2. The number of hydrogen-bond donors (Lipinski definition) is 3. The van der Waals surface area contributed by atoms with Crippen LogP contribution in [0.1, 0.15) is 6.92 Å². The summed E-state index contributed by atoms with van der Waals surface area (Å²) in [6.07, 6.45) is 0. The third-order valence-electron chi connectivity index (χ3n) is 2.82. The van der Waals surface area contributed by atoms with Crippen LogP contribution in [0.5, 0.6) is 0 Å². The number of carboxylic acid groups (broad SMARTS) is 1. The van der Waals surface area contributed by atoms with Crippen LogP contribution in [-0.2, 0) is 14.8 Å². The molecule has 1 aromatic heterocycles. The number of nitrogens with one attached hydrogen (secondary N) is 1. The first-order chi connectivity index (χ1) is 9.65. The molecule has 1 aromatic carbocycles. The fourth-order valence-electron chi connectivity index (χ4n) is 1.54. The largest absolute Gasteiger partial charge is 0.479 e. The Balaban J connectivity index is 2.34. The van der Waals surface area contributed by atoms with E-state index in [1.54, 1.807) is 24.3 Å². The summed E-state index contributed by atoms with van der Waals surface area (Å²) in [7, 11) is -4.01. The fourth-order valence-corrected chi connectivity index (χ4v) is 4.84. The Labute approximate surface area is 130 Å². The van der Waals surface area contributed by atoms with Crippen LogP contribution in [0.4, 0.5) is 0 Å². The maximum atomic E-state index is 12.2. The second kappa shape index (κ2) is 5.54. The van der Waals surface area contributed by atoms with Gasteiger partial charge in [0.25, 0.3) is 10.0 Å². The number of halogens is 1. The van der Waals surface area contributed by atoms with E-state index in [1.807, 2.05) is 0 Å². The fraction of sp³-hybridized carbons (Fsp3) is 0.250. The number of benzene rings is 1. The molecule has 0 aliphatic rings. The molecule has 3 N–H and O–H groups in total. The lowest BCUT2D eigenvalue weighted by Gasteiger charge is -2.17. The van der Waals surface area contributed by atoms with Gasteiger partial charge >= 0.3 is 5.97 Å². The Bertz CT molecular complexity index is 797. The minimum absolute atomic E-state index is 0.0815. The van der Waals surface area contributed by atoms with Gasteiger partial charge in [0.15, 0.2) is 9.81 Å². The molecular weight excluding hydrogens is 338 g/mol. The van der Waals surface area contributed by atoms with Crippen molar-refractivity contribution in [1.82, 2.24) is 4.72 Å². The van der Waals surface area contributed by atoms with Gasteiger partial charge in [-0.3, -0.25) is 0 Å². The molecule has 0 radical (unpaired) electrons. The van der Waals surface area contributed by atoms with Gasteiger partial charge in [-0.15, -0.1) is 11.3 Å². The van der Waals surface area contributed by atoms with E-state index in [1.165, 1.54) is 0 Å². The van der Waals surface area contributed by atoms with Crippen molar-refractivity contribution < 1.29 is 23.4 Å². The molecule has 114 valence electrons. The number of fused-ring (bicyclic) bond motifs is 1. The Kier molecular flexibility index (Phi) is 4.27. The Morgan fingerprint density at radius 3 is 2.62 bits per heavy atom. The zero-order valence-corrected chi connectivity index (χ0v) is 13.2. The van der Waals surface area contributed by atoms with Gasteiger partial charge in [-0.05, 0) is 13.0 Å². The first-order valence-electron chi connectivity index (χ1n) is 5.77. The summed E-state index contributed by atoms with van der Waals surface area (Å²) in [6.45, 7) is 0.347. The molecule has 0 fully saturated rings. The van der Waals surface area contributed by atoms with Crippen molar-refractivity contribution in [3.05, 3.63) is 29.3 Å². The molecule has 0 saturated heterocycles. The molecule has 2 rings (SSSR count). The van der Waals surface area contributed by atoms with E-state index < -0.39 is 28.1 Å². The summed E-state index contributed by atoms with van der Waals surface area (Å²) < 4.78 is 27.1. The van der Waals surface area contributed by atoms with Gasteiger partial charge in [0, 0.05) is 10.1 Å². The zero-order valence-electron chi connectivity index (χ0n) is 10.8. The molecule has 0 saturated carbocycles. The average Bonchev–Trinajstić information content (AvgIpc) is 2.75. The van der Waals surface area contributed by atoms with Gasteiger partial charge in [0.1, 0.15) is 0 Å². The summed E-state index contributed by atoms with van der Waals surface area (Å²) >= 11 is 7.04. The number of sulfonamides is 1. The number of hydrogen-bond acceptors (Lipinski definition) is 5. The summed E-state index contributed by atoms with van der Waals surface area (Å²) in [4.78, 5) is 10.8. The monoisotopic (exact) mass is 349 g/mol. The number of aliphatic carboxylic acids is 1. The molecule has 21 heavy (non-hydrogen) atoms. The van der Waals surface area contributed by atoms with E-state index in [0.29, 0.717) is 10.1 Å². The molecule has 9 heteroatoms. The van der Waals surface area contributed by atoms with E-state index in [0.717, 1.165) is 18.3 Å². The van der Waals surface area contributed by atoms with Crippen molar-refractivity contribution in [3.8, 4) is 0 Å². The van der Waals surface area contributed by atoms with Gasteiger partial charge < -0.3 is 10.2 Å². The maximum Gasteiger partial charge on any atom is 0.336 e. The smallest absolute Gasteiger partial charge is 0.336 e. The normalized spacial score (nSPS) is 15.0. The highest BCUT2D eigenvalue weighted by Gasteiger charge is 2.33. The Morgan fingerprint density at radius 1 is 1.43 bits per heavy atom. The molecule has 1 heterocycles. The molecular formula is C12H12ClNO5S2. The van der Waals surface area contributed by atoms with Gasteiger partial charge in [-0.1, -0.05) is 29.8 Å². The molecule has 1 atom stereocenters. The standard InChI is InChI=1S/C12H12ClNO5S2/c1-12(17,11(15)16)6-14-21(18,19)10-9(13)7-4-2-3-5-8(7)20-10/h2-5,14,17H,6H2,1H3,(H,15,16). The third kappa shape index (κ3) is 3.19. The second-order valence-corrected chi connectivity index (χ2v) is 8.00. The quantitative estimate of drug-likeness (QED) is 0.761. The predicted molar refractivity (Wildman–Crippen MR) is 80.3 cm³/mol. The van der Waals surface area contributed by atoms with Crippen LogP contribution in [0.2, 0.25) is 5.02 Å². The highest BCUT2D eigenvalue weighted by molar-refractivity contribution is 7.92. The Hall–Kier alpha value is -1.19. The summed E-state index contributed by atoms with van der Waals surface area (Å²) in [6, 6.07) is 6.92. The van der Waals surface area contributed by atoms with E-state index in [2.05, 4.69) is 4.72 Å². The summed E-state index contributed by atoms with van der Waals surface area (Å²) in [5.74, 6) is -1.52. The van der Waals surface area contributed by atoms with Crippen molar-refractivity contribution in [3.63, 3.8) is 0 Å². The van der Waals surface area contributed by atoms with Crippen molar-refractivity contribution in [2.45, 2.75) is 16.7 Å². The van der Waals surface area contributed by atoms with E-state index in [-0.39, 0.29) is 9.23 Å². The summed E-state index contributed by atoms with van der Waals surface area (Å²) in [5.41, 5.74) is -2.20. The van der Waals surface area contributed by atoms with Crippen molar-refractivity contribution in [2.75, 3.05) is 6.54 Å². The zero-order chi connectivity index (χ0) is 15.8. The van der Waals surface area contributed by atoms with Crippen LogP contribution in [-0.4, -0.2) is 36.7 Å². The summed E-state index contributed by atoms with van der Waals surface area (Å²) in [5, 5.41) is 19.0. The van der Waals surface area contributed by atoms with Crippen molar-refractivity contribution in [1.29, 1.82) is 0 Å². The molecule has 0 amide bonds. The maximum absolute atomic E-state index is 12.2. The van der Waals surface area contributed by atoms with Crippen molar-refractivity contribution in [2.24, 2.45) is 0 Å². The molecule has 6 nitrogen and oxygen atoms in total. The Morgan fingerprint density at radius 2 is 2.05 bits per heavy atom. The lowest BCUT2D eigenvalue weighted by molar-refractivity contribution is -0.155. The highest BCUT2D eigenvalue weighted by atomic mass is 35.5. The van der Waals surface area contributed by atoms with Crippen LogP contribution in [0.15, 0.2) is 28.5 Å². The number of rotatable bonds is 5. The lowest BCUT2D eigenvalue weighted by atomic mass is 10.1.